The maximum Gasteiger partial charge on any atom is 0.319 e. The first kappa shape index (κ1) is 16.7. The quantitative estimate of drug-likeness (QED) is 0.627. The third-order valence-electron chi connectivity index (χ3n) is 3.13. The van der Waals surface area contributed by atoms with Crippen LogP contribution in [0.5, 0.6) is 5.75 Å². The lowest BCUT2D eigenvalue weighted by Crippen LogP contribution is -2.30. The van der Waals surface area contributed by atoms with Crippen molar-refractivity contribution in [3.8, 4) is 11.2 Å². The number of benzene rings is 2. The summed E-state index contributed by atoms with van der Waals surface area (Å²) < 4.78 is 5.10. The Morgan fingerprint density at radius 3 is 2.48 bits per heavy atom. The molecule has 5 nitrogen and oxygen atoms in total. The van der Waals surface area contributed by atoms with Gasteiger partial charge in [-0.3, -0.25) is 0 Å². The lowest BCUT2D eigenvalue weighted by molar-refractivity contribution is 0.252. The van der Waals surface area contributed by atoms with Crippen LogP contribution < -0.4 is 15.4 Å². The van der Waals surface area contributed by atoms with E-state index >= 15 is 0 Å². The van der Waals surface area contributed by atoms with Crippen LogP contribution in [-0.2, 0) is 6.42 Å². The summed E-state index contributed by atoms with van der Waals surface area (Å²) in [5.41, 5.74) is 1.82. The molecule has 0 bridgehead atoms. The van der Waals surface area contributed by atoms with E-state index in [0.717, 1.165) is 34.4 Å². The first-order valence-corrected chi connectivity index (χ1v) is 7.86. The number of methoxy groups -OCH3 is 1. The van der Waals surface area contributed by atoms with Crippen LogP contribution in [-0.4, -0.2) is 19.7 Å². The van der Waals surface area contributed by atoms with Gasteiger partial charge in [0.15, 0.2) is 0 Å². The van der Waals surface area contributed by atoms with Crippen molar-refractivity contribution in [1.82, 2.24) is 5.32 Å². The zero-order chi connectivity index (χ0) is 16.5. The molecule has 2 aromatic rings. The number of anilines is 1. The highest BCUT2D eigenvalue weighted by Crippen LogP contribution is 2.18. The summed E-state index contributed by atoms with van der Waals surface area (Å²) in [6.07, 6.45) is 0.745. The number of rotatable bonds is 6. The number of carbonyl (C=O) groups excluding carboxylic acids is 1. The van der Waals surface area contributed by atoms with Crippen molar-refractivity contribution in [2.24, 2.45) is 0 Å². The Morgan fingerprint density at radius 2 is 1.87 bits per heavy atom. The number of urea groups is 1. The SMILES string of the molecule is COc1ccc(CCNC(=O)Nc2ccc(SC#N)cc2)cc1. The van der Waals surface area contributed by atoms with Crippen molar-refractivity contribution in [2.45, 2.75) is 11.3 Å². The predicted octanol–water partition coefficient (Wildman–Crippen LogP) is 3.63. The fourth-order valence-corrected chi connectivity index (χ4v) is 2.32. The summed E-state index contributed by atoms with van der Waals surface area (Å²) in [7, 11) is 1.63. The van der Waals surface area contributed by atoms with E-state index in [-0.39, 0.29) is 6.03 Å². The molecular formula is C17H17N3O2S. The van der Waals surface area contributed by atoms with Crippen molar-refractivity contribution in [1.29, 1.82) is 5.26 Å². The molecule has 118 valence electrons. The minimum atomic E-state index is -0.251. The van der Waals surface area contributed by atoms with E-state index in [1.807, 2.05) is 29.7 Å². The molecule has 0 unspecified atom stereocenters. The third kappa shape index (κ3) is 5.57. The van der Waals surface area contributed by atoms with E-state index in [0.29, 0.717) is 12.2 Å². The molecule has 0 aliphatic heterocycles. The smallest absolute Gasteiger partial charge is 0.319 e. The molecule has 2 amide bonds. The Bertz CT molecular complexity index is 678. The van der Waals surface area contributed by atoms with Crippen molar-refractivity contribution < 1.29 is 9.53 Å². The molecule has 0 fully saturated rings. The summed E-state index contributed by atoms with van der Waals surface area (Å²) in [5.74, 6) is 0.817. The molecule has 0 aliphatic rings. The van der Waals surface area contributed by atoms with Gasteiger partial charge in [0, 0.05) is 17.1 Å². The van der Waals surface area contributed by atoms with Gasteiger partial charge in [-0.1, -0.05) is 12.1 Å². The van der Waals surface area contributed by atoms with Crippen LogP contribution in [0.3, 0.4) is 0 Å². The Morgan fingerprint density at radius 1 is 1.17 bits per heavy atom. The van der Waals surface area contributed by atoms with Crippen LogP contribution in [0.15, 0.2) is 53.4 Å². The van der Waals surface area contributed by atoms with E-state index in [4.69, 9.17) is 10.00 Å². The van der Waals surface area contributed by atoms with Gasteiger partial charge in [0.1, 0.15) is 11.2 Å². The number of ether oxygens (including phenoxy) is 1. The average Bonchev–Trinajstić information content (AvgIpc) is 2.57. The van der Waals surface area contributed by atoms with Gasteiger partial charge in [-0.2, -0.15) is 5.26 Å². The molecule has 2 aromatic carbocycles. The number of nitrogens with zero attached hydrogens (tertiary/aromatic N) is 1. The monoisotopic (exact) mass is 327 g/mol. The maximum atomic E-state index is 11.8. The standard InChI is InChI=1S/C17H17N3O2S/c1-22-15-6-2-13(3-7-15)10-11-19-17(21)20-14-4-8-16(9-5-14)23-12-18/h2-9H,10-11H2,1H3,(H2,19,20,21). The molecule has 2 rings (SSSR count). The maximum absolute atomic E-state index is 11.8. The molecule has 0 radical (unpaired) electrons. The van der Waals surface area contributed by atoms with E-state index < -0.39 is 0 Å². The minimum Gasteiger partial charge on any atom is -0.497 e. The molecule has 0 saturated heterocycles. The van der Waals surface area contributed by atoms with Gasteiger partial charge in [0.2, 0.25) is 0 Å². The fraction of sp³-hybridized carbons (Fsp3) is 0.176. The van der Waals surface area contributed by atoms with Crippen LogP contribution >= 0.6 is 11.8 Å². The Balaban J connectivity index is 1.75. The first-order valence-electron chi connectivity index (χ1n) is 7.05. The van der Waals surface area contributed by atoms with Gasteiger partial charge in [0.05, 0.1) is 7.11 Å². The number of nitriles is 1. The minimum absolute atomic E-state index is 0.251. The van der Waals surface area contributed by atoms with Gasteiger partial charge in [0.25, 0.3) is 0 Å². The highest BCUT2D eigenvalue weighted by molar-refractivity contribution is 8.03. The Kier molecular flexibility index (Phi) is 6.33. The highest BCUT2D eigenvalue weighted by atomic mass is 32.2. The number of thioether (sulfide) groups is 1. The van der Waals surface area contributed by atoms with Gasteiger partial charge in [-0.15, -0.1) is 0 Å². The second-order valence-corrected chi connectivity index (χ2v) is 5.55. The Labute approximate surface area is 139 Å². The summed E-state index contributed by atoms with van der Waals surface area (Å²) in [6, 6.07) is 14.6. The summed E-state index contributed by atoms with van der Waals surface area (Å²) in [6.45, 7) is 0.542. The summed E-state index contributed by atoms with van der Waals surface area (Å²) in [5, 5.41) is 16.1. The molecule has 6 heteroatoms. The van der Waals surface area contributed by atoms with Gasteiger partial charge in [-0.05, 0) is 60.1 Å². The van der Waals surface area contributed by atoms with Crippen molar-refractivity contribution in [3.63, 3.8) is 0 Å². The number of hydrogen-bond donors (Lipinski definition) is 2. The zero-order valence-electron chi connectivity index (χ0n) is 12.7. The normalized spacial score (nSPS) is 9.74. The van der Waals surface area contributed by atoms with Gasteiger partial charge >= 0.3 is 6.03 Å². The molecule has 0 saturated carbocycles. The van der Waals surface area contributed by atoms with E-state index in [9.17, 15) is 4.79 Å². The van der Waals surface area contributed by atoms with Crippen molar-refractivity contribution >= 4 is 23.5 Å². The average molecular weight is 327 g/mol. The second kappa shape index (κ2) is 8.71. The molecule has 0 atom stereocenters. The van der Waals surface area contributed by atoms with Crippen molar-refractivity contribution in [2.75, 3.05) is 19.0 Å². The number of carbonyl (C=O) groups is 1. The van der Waals surface area contributed by atoms with Gasteiger partial charge in [-0.25, -0.2) is 4.79 Å². The molecular weight excluding hydrogens is 310 g/mol. The predicted molar refractivity (Wildman–Crippen MR) is 91.6 cm³/mol. The Hall–Kier alpha value is -2.65. The van der Waals surface area contributed by atoms with E-state index in [2.05, 4.69) is 10.6 Å². The van der Waals surface area contributed by atoms with Crippen LogP contribution in [0, 0.1) is 10.7 Å². The summed E-state index contributed by atoms with van der Waals surface area (Å²) >= 11 is 1.09. The lowest BCUT2D eigenvalue weighted by atomic mass is 10.1. The molecule has 0 aliphatic carbocycles. The van der Waals surface area contributed by atoms with Crippen LogP contribution in [0.25, 0.3) is 0 Å². The van der Waals surface area contributed by atoms with Gasteiger partial charge < -0.3 is 15.4 Å². The number of amides is 2. The second-order valence-electron chi connectivity index (χ2n) is 4.70. The first-order chi connectivity index (χ1) is 11.2. The van der Waals surface area contributed by atoms with E-state index in [1.165, 1.54) is 0 Å². The molecule has 0 heterocycles. The highest BCUT2D eigenvalue weighted by Gasteiger charge is 2.02. The number of thiocyanates is 1. The number of hydrogen-bond acceptors (Lipinski definition) is 4. The fourth-order valence-electron chi connectivity index (χ4n) is 1.95. The van der Waals surface area contributed by atoms with Crippen LogP contribution in [0.1, 0.15) is 5.56 Å². The van der Waals surface area contributed by atoms with Crippen molar-refractivity contribution in [3.05, 3.63) is 54.1 Å². The molecule has 0 spiro atoms. The molecule has 2 N–H and O–H groups in total. The van der Waals surface area contributed by atoms with E-state index in [1.54, 1.807) is 31.4 Å². The zero-order valence-corrected chi connectivity index (χ0v) is 13.5. The number of nitrogens with one attached hydrogen (secondary N) is 2. The largest absolute Gasteiger partial charge is 0.497 e. The molecule has 0 aromatic heterocycles. The summed E-state index contributed by atoms with van der Waals surface area (Å²) in [4.78, 5) is 12.7. The molecule has 23 heavy (non-hydrogen) atoms. The van der Waals surface area contributed by atoms with Crippen LogP contribution in [0.2, 0.25) is 0 Å². The van der Waals surface area contributed by atoms with Crippen LogP contribution in [0.4, 0.5) is 10.5 Å². The lowest BCUT2D eigenvalue weighted by Gasteiger charge is -2.08. The topological polar surface area (TPSA) is 74.2 Å². The third-order valence-corrected chi connectivity index (χ3v) is 3.73.